The molecular weight excluding hydrogens is 248 g/mol. The second-order valence-corrected chi connectivity index (χ2v) is 5.73. The van der Waals surface area contributed by atoms with Gasteiger partial charge in [-0.05, 0) is 42.9 Å². The van der Waals surface area contributed by atoms with E-state index < -0.39 is 0 Å². The molecule has 4 heteroatoms. The third kappa shape index (κ3) is 2.37. The van der Waals surface area contributed by atoms with Crippen LogP contribution in [0.25, 0.3) is 0 Å². The zero-order chi connectivity index (χ0) is 14.1. The standard InChI is InChI=1S/C16H22N4/c1-11-10-15(20(2)19-11)16(18-17)14-8-6-13(7-9-14)12-4-3-5-12/h6-10,12,16,18H,3-5,17H2,1-2H3. The second kappa shape index (κ2) is 5.38. The van der Waals surface area contributed by atoms with Crippen molar-refractivity contribution in [2.45, 2.75) is 38.1 Å². The summed E-state index contributed by atoms with van der Waals surface area (Å²) in [5.41, 5.74) is 7.63. The summed E-state index contributed by atoms with van der Waals surface area (Å²) in [6, 6.07) is 10.9. The fraction of sp³-hybridized carbons (Fsp3) is 0.438. The molecule has 0 aliphatic heterocycles. The van der Waals surface area contributed by atoms with Crippen LogP contribution in [0.15, 0.2) is 30.3 Å². The van der Waals surface area contributed by atoms with Crippen LogP contribution in [0.3, 0.4) is 0 Å². The monoisotopic (exact) mass is 270 g/mol. The smallest absolute Gasteiger partial charge is 0.0878 e. The first-order valence-corrected chi connectivity index (χ1v) is 7.25. The van der Waals surface area contributed by atoms with E-state index in [4.69, 9.17) is 5.84 Å². The molecule has 1 atom stereocenters. The highest BCUT2D eigenvalue weighted by molar-refractivity contribution is 5.33. The number of benzene rings is 1. The predicted molar refractivity (Wildman–Crippen MR) is 80.1 cm³/mol. The van der Waals surface area contributed by atoms with Crippen LogP contribution in [0.2, 0.25) is 0 Å². The lowest BCUT2D eigenvalue weighted by atomic mass is 9.80. The van der Waals surface area contributed by atoms with Crippen molar-refractivity contribution in [3.05, 3.63) is 52.8 Å². The van der Waals surface area contributed by atoms with Gasteiger partial charge in [0.2, 0.25) is 0 Å². The van der Waals surface area contributed by atoms with E-state index in [2.05, 4.69) is 40.9 Å². The summed E-state index contributed by atoms with van der Waals surface area (Å²) in [6.07, 6.45) is 4.03. The number of nitrogens with two attached hydrogens (primary N) is 1. The molecule has 1 aromatic heterocycles. The summed E-state index contributed by atoms with van der Waals surface area (Å²) >= 11 is 0. The molecule has 1 heterocycles. The highest BCUT2D eigenvalue weighted by Gasteiger charge is 2.21. The zero-order valence-electron chi connectivity index (χ0n) is 12.1. The molecule has 0 amide bonds. The van der Waals surface area contributed by atoms with Crippen molar-refractivity contribution in [2.75, 3.05) is 0 Å². The van der Waals surface area contributed by atoms with Gasteiger partial charge < -0.3 is 0 Å². The molecule has 3 rings (SSSR count). The number of nitrogens with one attached hydrogen (secondary N) is 1. The molecule has 1 aromatic carbocycles. The number of hydrogen-bond donors (Lipinski definition) is 2. The summed E-state index contributed by atoms with van der Waals surface area (Å²) in [4.78, 5) is 0. The van der Waals surface area contributed by atoms with Crippen LogP contribution in [0, 0.1) is 6.92 Å². The first-order valence-electron chi connectivity index (χ1n) is 7.25. The van der Waals surface area contributed by atoms with Crippen LogP contribution in [0.5, 0.6) is 0 Å². The van der Waals surface area contributed by atoms with E-state index in [-0.39, 0.29) is 6.04 Å². The van der Waals surface area contributed by atoms with Gasteiger partial charge in [0.05, 0.1) is 17.4 Å². The van der Waals surface area contributed by atoms with Crippen LogP contribution < -0.4 is 11.3 Å². The third-order valence-electron chi connectivity index (χ3n) is 4.35. The minimum Gasteiger partial charge on any atom is -0.271 e. The molecule has 0 saturated heterocycles. The lowest BCUT2D eigenvalue weighted by Crippen LogP contribution is -2.30. The summed E-state index contributed by atoms with van der Waals surface area (Å²) in [5.74, 6) is 6.53. The van der Waals surface area contributed by atoms with Crippen molar-refractivity contribution >= 4 is 0 Å². The van der Waals surface area contributed by atoms with Gasteiger partial charge in [0.1, 0.15) is 0 Å². The van der Waals surface area contributed by atoms with Crippen LogP contribution in [-0.4, -0.2) is 9.78 Å². The summed E-state index contributed by atoms with van der Waals surface area (Å²) < 4.78 is 1.89. The second-order valence-electron chi connectivity index (χ2n) is 5.73. The van der Waals surface area contributed by atoms with Crippen molar-refractivity contribution in [1.29, 1.82) is 0 Å². The molecule has 2 aromatic rings. The van der Waals surface area contributed by atoms with Crippen molar-refractivity contribution in [2.24, 2.45) is 12.9 Å². The quantitative estimate of drug-likeness (QED) is 0.663. The van der Waals surface area contributed by atoms with Crippen LogP contribution >= 0.6 is 0 Å². The van der Waals surface area contributed by atoms with Gasteiger partial charge in [0.25, 0.3) is 0 Å². The van der Waals surface area contributed by atoms with Crippen molar-refractivity contribution in [3.63, 3.8) is 0 Å². The molecule has 0 radical (unpaired) electrons. The van der Waals surface area contributed by atoms with Gasteiger partial charge in [-0.1, -0.05) is 30.7 Å². The summed E-state index contributed by atoms with van der Waals surface area (Å²) in [5, 5.41) is 4.39. The van der Waals surface area contributed by atoms with Crippen LogP contribution in [-0.2, 0) is 7.05 Å². The Morgan fingerprint density at radius 2 is 2.00 bits per heavy atom. The number of hydrogen-bond acceptors (Lipinski definition) is 3. The minimum atomic E-state index is -0.0170. The molecule has 0 bridgehead atoms. The zero-order valence-corrected chi connectivity index (χ0v) is 12.1. The largest absolute Gasteiger partial charge is 0.271 e. The molecule has 20 heavy (non-hydrogen) atoms. The lowest BCUT2D eigenvalue weighted by molar-refractivity contribution is 0.419. The summed E-state index contributed by atoms with van der Waals surface area (Å²) in [7, 11) is 1.95. The van der Waals surface area contributed by atoms with Crippen molar-refractivity contribution in [1.82, 2.24) is 15.2 Å². The van der Waals surface area contributed by atoms with Gasteiger partial charge in [0, 0.05) is 7.05 Å². The first-order chi connectivity index (χ1) is 9.69. The number of aryl methyl sites for hydroxylation is 2. The molecule has 1 saturated carbocycles. The molecule has 4 nitrogen and oxygen atoms in total. The van der Waals surface area contributed by atoms with E-state index in [1.807, 2.05) is 18.7 Å². The molecule has 1 unspecified atom stereocenters. The molecule has 106 valence electrons. The van der Waals surface area contributed by atoms with Crippen LogP contribution in [0.4, 0.5) is 0 Å². The van der Waals surface area contributed by atoms with Gasteiger partial charge >= 0.3 is 0 Å². The van der Waals surface area contributed by atoms with Crippen molar-refractivity contribution in [3.8, 4) is 0 Å². The van der Waals surface area contributed by atoms with E-state index in [9.17, 15) is 0 Å². The molecule has 1 aliphatic rings. The van der Waals surface area contributed by atoms with E-state index in [0.717, 1.165) is 17.3 Å². The van der Waals surface area contributed by atoms with Gasteiger partial charge in [-0.2, -0.15) is 5.10 Å². The molecular formula is C16H22N4. The Kier molecular flexibility index (Phi) is 3.59. The average molecular weight is 270 g/mol. The van der Waals surface area contributed by atoms with E-state index >= 15 is 0 Å². The number of hydrazine groups is 1. The maximum Gasteiger partial charge on any atom is 0.0878 e. The van der Waals surface area contributed by atoms with Gasteiger partial charge in [-0.3, -0.25) is 10.5 Å². The van der Waals surface area contributed by atoms with Crippen molar-refractivity contribution < 1.29 is 0 Å². The van der Waals surface area contributed by atoms with E-state index in [0.29, 0.717) is 0 Å². The minimum absolute atomic E-state index is 0.0170. The number of nitrogens with zero attached hydrogens (tertiary/aromatic N) is 2. The highest BCUT2D eigenvalue weighted by Crippen LogP contribution is 2.36. The Bertz CT molecular complexity index is 581. The number of aromatic nitrogens is 2. The van der Waals surface area contributed by atoms with Gasteiger partial charge in [-0.15, -0.1) is 0 Å². The predicted octanol–water partition coefficient (Wildman–Crippen LogP) is 2.55. The Morgan fingerprint density at radius 1 is 1.30 bits per heavy atom. The Labute approximate surface area is 120 Å². The van der Waals surface area contributed by atoms with E-state index in [1.165, 1.54) is 30.4 Å². The third-order valence-corrected chi connectivity index (χ3v) is 4.35. The fourth-order valence-electron chi connectivity index (χ4n) is 2.96. The van der Waals surface area contributed by atoms with Crippen LogP contribution in [0.1, 0.15) is 53.7 Å². The maximum atomic E-state index is 5.76. The SMILES string of the molecule is Cc1cc(C(NN)c2ccc(C3CCC3)cc2)n(C)n1. The Hall–Kier alpha value is -1.65. The Morgan fingerprint density at radius 3 is 2.45 bits per heavy atom. The topological polar surface area (TPSA) is 55.9 Å². The first kappa shape index (κ1) is 13.3. The Balaban J connectivity index is 1.87. The number of rotatable bonds is 4. The molecule has 3 N–H and O–H groups in total. The normalized spacial score (nSPS) is 16.9. The van der Waals surface area contributed by atoms with Gasteiger partial charge in [0.15, 0.2) is 0 Å². The lowest BCUT2D eigenvalue weighted by Gasteiger charge is -2.26. The van der Waals surface area contributed by atoms with E-state index in [1.54, 1.807) is 0 Å². The molecule has 1 fully saturated rings. The summed E-state index contributed by atoms with van der Waals surface area (Å²) in [6.45, 7) is 2.00. The molecule has 1 aliphatic carbocycles. The average Bonchev–Trinajstić information content (AvgIpc) is 2.70. The highest BCUT2D eigenvalue weighted by atomic mass is 15.3. The van der Waals surface area contributed by atoms with Gasteiger partial charge in [-0.25, -0.2) is 5.43 Å². The maximum absolute atomic E-state index is 5.76. The fourth-order valence-corrected chi connectivity index (χ4v) is 2.96. The molecule has 0 spiro atoms.